The Balaban J connectivity index is 1.69. The van der Waals surface area contributed by atoms with Crippen molar-refractivity contribution < 1.29 is 19.7 Å². The minimum absolute atomic E-state index is 0.0671. The van der Waals surface area contributed by atoms with E-state index in [-0.39, 0.29) is 18.1 Å². The third-order valence-corrected chi connectivity index (χ3v) is 6.05. The first-order chi connectivity index (χ1) is 15.5. The summed E-state index contributed by atoms with van der Waals surface area (Å²) in [6.07, 6.45) is 3.91. The van der Waals surface area contributed by atoms with Gasteiger partial charge in [-0.1, -0.05) is 67.6 Å². The Bertz CT molecular complexity index is 838. The highest BCUT2D eigenvalue weighted by Crippen LogP contribution is 2.28. The van der Waals surface area contributed by atoms with Crippen LogP contribution in [-0.2, 0) is 22.7 Å². The molecule has 7 unspecified atom stereocenters. The summed E-state index contributed by atoms with van der Waals surface area (Å²) in [7, 11) is 0. The van der Waals surface area contributed by atoms with Crippen LogP contribution in [0.4, 0.5) is 0 Å². The molecule has 7 atom stereocenters. The zero-order valence-corrected chi connectivity index (χ0v) is 18.9. The van der Waals surface area contributed by atoms with Gasteiger partial charge in [-0.25, -0.2) is 0 Å². The first-order valence-electron chi connectivity index (χ1n) is 11.4. The molecule has 0 aliphatic heterocycles. The third-order valence-electron chi connectivity index (χ3n) is 6.05. The summed E-state index contributed by atoms with van der Waals surface area (Å²) in [6, 6.07) is 19.4. The summed E-state index contributed by atoms with van der Waals surface area (Å²) in [5.74, 6) is 2.87. The van der Waals surface area contributed by atoms with Crippen LogP contribution in [0.5, 0.6) is 0 Å². The number of hydrogen-bond acceptors (Lipinski definition) is 5. The van der Waals surface area contributed by atoms with Crippen LogP contribution >= 0.6 is 0 Å². The lowest BCUT2D eigenvalue weighted by atomic mass is 9.84. The molecule has 2 aromatic rings. The van der Waals surface area contributed by atoms with E-state index in [1.807, 2.05) is 74.5 Å². The number of ether oxygens (including phenoxy) is 2. The van der Waals surface area contributed by atoms with Crippen LogP contribution in [0.15, 0.2) is 60.7 Å². The van der Waals surface area contributed by atoms with Crippen molar-refractivity contribution >= 4 is 0 Å². The summed E-state index contributed by atoms with van der Waals surface area (Å²) >= 11 is 0. The van der Waals surface area contributed by atoms with Crippen molar-refractivity contribution in [1.82, 2.24) is 5.32 Å². The average Bonchev–Trinajstić information content (AvgIpc) is 2.82. The Morgan fingerprint density at radius 1 is 0.906 bits per heavy atom. The topological polar surface area (TPSA) is 71.0 Å². The monoisotopic (exact) mass is 437 g/mol. The number of hydrogen-bond donors (Lipinski definition) is 3. The minimum atomic E-state index is -1.02. The molecule has 0 spiro atoms. The number of benzene rings is 2. The van der Waals surface area contributed by atoms with Gasteiger partial charge in [-0.15, -0.1) is 12.3 Å². The van der Waals surface area contributed by atoms with Crippen molar-refractivity contribution in [2.24, 2.45) is 5.92 Å². The molecule has 0 aromatic heterocycles. The Kier molecular flexibility index (Phi) is 9.28. The molecule has 1 fully saturated rings. The molecule has 1 aliphatic rings. The maximum Gasteiger partial charge on any atom is 0.108 e. The van der Waals surface area contributed by atoms with Crippen molar-refractivity contribution in [3.63, 3.8) is 0 Å². The van der Waals surface area contributed by atoms with Gasteiger partial charge >= 0.3 is 0 Å². The minimum Gasteiger partial charge on any atom is -0.389 e. The van der Waals surface area contributed by atoms with E-state index in [0.29, 0.717) is 19.6 Å². The molecule has 3 N–H and O–H groups in total. The molecule has 0 radical (unpaired) electrons. The van der Waals surface area contributed by atoms with Gasteiger partial charge in [-0.2, -0.15) is 0 Å². The van der Waals surface area contributed by atoms with E-state index in [9.17, 15) is 10.2 Å². The second kappa shape index (κ2) is 12.2. The van der Waals surface area contributed by atoms with E-state index < -0.39 is 24.4 Å². The predicted octanol–water partition coefficient (Wildman–Crippen LogP) is 3.29. The van der Waals surface area contributed by atoms with Crippen LogP contribution in [0.2, 0.25) is 0 Å². The highest BCUT2D eigenvalue weighted by molar-refractivity contribution is 5.14. The lowest BCUT2D eigenvalue weighted by Crippen LogP contribution is -2.63. The highest BCUT2D eigenvalue weighted by Gasteiger charge is 2.45. The fourth-order valence-corrected chi connectivity index (χ4v) is 4.26. The summed E-state index contributed by atoms with van der Waals surface area (Å²) in [5, 5.41) is 25.3. The predicted molar refractivity (Wildman–Crippen MR) is 126 cm³/mol. The van der Waals surface area contributed by atoms with Gasteiger partial charge in [0.05, 0.1) is 31.5 Å². The number of nitrogens with one attached hydrogen (secondary N) is 1. The molecule has 3 rings (SSSR count). The molecule has 0 bridgehead atoms. The van der Waals surface area contributed by atoms with Crippen LogP contribution in [-0.4, -0.2) is 46.7 Å². The fourth-order valence-electron chi connectivity index (χ4n) is 4.26. The fraction of sp³-hybridized carbons (Fsp3) is 0.481. The molecule has 32 heavy (non-hydrogen) atoms. The average molecular weight is 438 g/mol. The van der Waals surface area contributed by atoms with Gasteiger partial charge in [0.15, 0.2) is 0 Å². The van der Waals surface area contributed by atoms with Crippen LogP contribution < -0.4 is 5.32 Å². The van der Waals surface area contributed by atoms with Crippen molar-refractivity contribution in [3.8, 4) is 12.3 Å². The van der Waals surface area contributed by atoms with Crippen LogP contribution in [0.3, 0.4) is 0 Å². The molecule has 0 saturated heterocycles. The normalized spacial score (nSPS) is 27.4. The first kappa shape index (κ1) is 24.4. The largest absolute Gasteiger partial charge is 0.389 e. The number of rotatable bonds is 10. The third kappa shape index (κ3) is 6.90. The maximum absolute atomic E-state index is 11.0. The van der Waals surface area contributed by atoms with Gasteiger partial charge in [0.1, 0.15) is 12.2 Å². The zero-order valence-electron chi connectivity index (χ0n) is 18.9. The Morgan fingerprint density at radius 2 is 1.44 bits per heavy atom. The molecular formula is C27H35NO4. The van der Waals surface area contributed by atoms with Crippen molar-refractivity contribution in [2.45, 2.75) is 76.4 Å². The second-order valence-electron chi connectivity index (χ2n) is 8.78. The van der Waals surface area contributed by atoms with E-state index in [2.05, 4.69) is 11.2 Å². The van der Waals surface area contributed by atoms with Crippen molar-refractivity contribution in [1.29, 1.82) is 0 Å². The van der Waals surface area contributed by atoms with Gasteiger partial charge in [0.25, 0.3) is 0 Å². The summed E-state index contributed by atoms with van der Waals surface area (Å²) < 4.78 is 12.3. The Labute approximate surface area is 191 Å². The van der Waals surface area contributed by atoms with Gasteiger partial charge in [-0.3, -0.25) is 0 Å². The smallest absolute Gasteiger partial charge is 0.108 e. The van der Waals surface area contributed by atoms with Gasteiger partial charge in [0.2, 0.25) is 0 Å². The molecule has 0 heterocycles. The van der Waals surface area contributed by atoms with Gasteiger partial charge in [-0.05, 0) is 24.5 Å². The number of aliphatic hydroxyl groups is 2. The summed E-state index contributed by atoms with van der Waals surface area (Å²) in [6.45, 7) is 4.84. The highest BCUT2D eigenvalue weighted by atomic mass is 16.5. The summed E-state index contributed by atoms with van der Waals surface area (Å²) in [5.41, 5.74) is 2.08. The van der Waals surface area contributed by atoms with Crippen molar-refractivity contribution in [2.75, 3.05) is 0 Å². The molecule has 0 amide bonds. The molecule has 1 saturated carbocycles. The zero-order chi connectivity index (χ0) is 22.9. The Morgan fingerprint density at radius 3 is 1.97 bits per heavy atom. The van der Waals surface area contributed by atoms with Gasteiger partial charge in [0, 0.05) is 18.4 Å². The van der Waals surface area contributed by atoms with Crippen LogP contribution in [0.25, 0.3) is 0 Å². The van der Waals surface area contributed by atoms with E-state index in [4.69, 9.17) is 15.9 Å². The lowest BCUT2D eigenvalue weighted by molar-refractivity contribution is -0.172. The van der Waals surface area contributed by atoms with Gasteiger partial charge < -0.3 is 25.0 Å². The first-order valence-corrected chi connectivity index (χ1v) is 11.4. The number of aliphatic hydroxyl groups excluding tert-OH is 2. The molecular weight excluding hydrogens is 402 g/mol. The summed E-state index contributed by atoms with van der Waals surface area (Å²) in [4.78, 5) is 0. The molecule has 172 valence electrons. The second-order valence-corrected chi connectivity index (χ2v) is 8.78. The molecule has 1 aliphatic carbocycles. The standard InChI is InChI=1S/C27H35NO4/c1-4-19(2)15-20(3)28-25-23(31-17-21-11-7-5-8-12-21)16-24(26(29)27(25)30)32-18-22-13-9-6-10-14-22/h1,5-14,19-20,23-30H,15-18H2,2-3H3. The van der Waals surface area contributed by atoms with Crippen LogP contribution in [0.1, 0.15) is 37.8 Å². The quantitative estimate of drug-likeness (QED) is 0.498. The molecule has 5 heteroatoms. The van der Waals surface area contributed by atoms with Crippen LogP contribution in [0, 0.1) is 18.3 Å². The van der Waals surface area contributed by atoms with E-state index in [1.165, 1.54) is 0 Å². The molecule has 2 aromatic carbocycles. The molecule has 5 nitrogen and oxygen atoms in total. The maximum atomic E-state index is 11.0. The Hall–Kier alpha value is -2.20. The van der Waals surface area contributed by atoms with E-state index in [1.54, 1.807) is 0 Å². The SMILES string of the molecule is C#CC(C)CC(C)NC1C(OCc2ccccc2)CC(OCc2ccccc2)C(O)C1O. The number of terminal acetylenes is 1. The van der Waals surface area contributed by atoms with E-state index in [0.717, 1.165) is 17.5 Å². The van der Waals surface area contributed by atoms with E-state index >= 15 is 0 Å². The van der Waals surface area contributed by atoms with Crippen molar-refractivity contribution in [3.05, 3.63) is 71.8 Å². The lowest BCUT2D eigenvalue weighted by Gasteiger charge is -2.44.